The molecule has 3 aromatic carbocycles. The Morgan fingerprint density at radius 1 is 0.817 bits per heavy atom. The molecule has 0 spiro atoms. The second-order valence-corrected chi connectivity index (χ2v) is 18.2. The van der Waals surface area contributed by atoms with E-state index < -0.39 is 24.0 Å². The van der Waals surface area contributed by atoms with Gasteiger partial charge in [-0.3, -0.25) is 29.7 Å². The van der Waals surface area contributed by atoms with Crippen molar-refractivity contribution in [2.75, 3.05) is 13.3 Å². The highest BCUT2D eigenvalue weighted by atomic mass is 16.5. The van der Waals surface area contributed by atoms with E-state index >= 15 is 0 Å². The molecule has 4 amide bonds. The number of aromatic hydroxyl groups is 1. The number of ether oxygens (including phenoxy) is 2. The minimum Gasteiger partial charge on any atom is -0.508 e. The molecule has 15 nitrogen and oxygen atoms in total. The van der Waals surface area contributed by atoms with E-state index in [1.165, 1.54) is 84.0 Å². The fraction of sp³-hybridized carbons (Fsp3) is 0.500. The van der Waals surface area contributed by atoms with Crippen LogP contribution in [0.15, 0.2) is 96.6 Å². The molecule has 5 aliphatic rings. The van der Waals surface area contributed by atoms with Crippen molar-refractivity contribution in [2.45, 2.75) is 167 Å². The molecule has 2 aliphatic heterocycles. The summed E-state index contributed by atoms with van der Waals surface area (Å²) in [5.41, 5.74) is 8.88. The van der Waals surface area contributed by atoms with Gasteiger partial charge >= 0.3 is 5.97 Å². The van der Waals surface area contributed by atoms with Crippen molar-refractivity contribution >= 4 is 36.1 Å². The molecule has 3 aliphatic carbocycles. The van der Waals surface area contributed by atoms with E-state index in [0.717, 1.165) is 46.6 Å². The first-order valence-corrected chi connectivity index (χ1v) is 25.5. The van der Waals surface area contributed by atoms with E-state index in [-0.39, 0.29) is 55.6 Å². The van der Waals surface area contributed by atoms with Gasteiger partial charge < -0.3 is 41.0 Å². The molecular weight excluding hydrogens is 903 g/mol. The van der Waals surface area contributed by atoms with Crippen LogP contribution < -0.4 is 31.7 Å². The maximum Gasteiger partial charge on any atom is 0.326 e. The zero-order valence-corrected chi connectivity index (χ0v) is 42.0. The van der Waals surface area contributed by atoms with Gasteiger partial charge in [-0.1, -0.05) is 137 Å². The lowest BCUT2D eigenvalue weighted by atomic mass is 10.0. The first-order valence-electron chi connectivity index (χ1n) is 25.5. The third kappa shape index (κ3) is 27.5. The van der Waals surface area contributed by atoms with Crippen LogP contribution in [0.2, 0.25) is 0 Å². The van der Waals surface area contributed by atoms with Crippen LogP contribution in [-0.2, 0) is 52.8 Å². The zero-order chi connectivity index (χ0) is 51.5. The number of hydrogen-bond donors (Lipinski definition) is 7. The molecule has 71 heavy (non-hydrogen) atoms. The number of hydrogen-bond acceptors (Lipinski definition) is 10. The van der Waals surface area contributed by atoms with Gasteiger partial charge in [0.25, 0.3) is 6.47 Å². The van der Waals surface area contributed by atoms with E-state index in [1.54, 1.807) is 24.3 Å². The van der Waals surface area contributed by atoms with Gasteiger partial charge in [0.15, 0.2) is 0 Å². The number of allylic oxidation sites excluding steroid dienone is 3. The standard InChI is InChI=1S/C21H26N2O5.C21H24N2O3.2C6H12.C2H5NO2/c1-14(20(26)23-18(21(27)28)13-16-5-2-3-6-16)22-19(25)8-4-7-15-9-11-17(24)12-10-15;1-15-12-17-5-2-6-19(13-17)26-18-10-8-16(9-11-18)4-3-7-20(24)22-14-21(25)23-15;2*1-2-4-6-5-3-1;3-1-5-2-4/h2-3,5,9-12,14,18,24H,4,6-8,13H2,1H3,(H,22,25)(H,23,26)(H,27,28);2,5-6,8-11,13,15H,3-4,7,12,14H2,1H3,(H,22,24)(H,23,25);2*1-6H2;2H,1,3H2. The highest BCUT2D eigenvalue weighted by Gasteiger charge is 2.25. The normalized spacial score (nSPS) is 17.3. The van der Waals surface area contributed by atoms with Crippen LogP contribution in [0.25, 0.3) is 0 Å². The molecule has 3 aromatic rings. The first kappa shape index (κ1) is 58.8. The Morgan fingerprint density at radius 2 is 1.45 bits per heavy atom. The molecule has 2 fully saturated rings. The number of carbonyl (C=O) groups is 6. The van der Waals surface area contributed by atoms with Crippen molar-refractivity contribution in [3.8, 4) is 17.2 Å². The molecule has 4 bridgehead atoms. The topological polar surface area (TPSA) is 235 Å². The van der Waals surface area contributed by atoms with E-state index in [2.05, 4.69) is 31.7 Å². The summed E-state index contributed by atoms with van der Waals surface area (Å²) in [6.07, 6.45) is 28.7. The van der Waals surface area contributed by atoms with E-state index in [1.807, 2.05) is 73.7 Å². The first-order chi connectivity index (χ1) is 34.3. The molecule has 2 saturated carbocycles. The van der Waals surface area contributed by atoms with E-state index in [4.69, 9.17) is 9.53 Å². The summed E-state index contributed by atoms with van der Waals surface area (Å²) in [6.45, 7) is 3.78. The van der Waals surface area contributed by atoms with Gasteiger partial charge in [-0.05, 0) is 112 Å². The highest BCUT2D eigenvalue weighted by Crippen LogP contribution is 2.24. The zero-order valence-electron chi connectivity index (χ0n) is 42.0. The molecule has 3 unspecified atom stereocenters. The van der Waals surface area contributed by atoms with Gasteiger partial charge in [-0.15, -0.1) is 0 Å². The van der Waals surface area contributed by atoms with Crippen molar-refractivity contribution in [1.82, 2.24) is 21.3 Å². The minimum absolute atomic E-state index is 0.0149. The summed E-state index contributed by atoms with van der Waals surface area (Å²) in [5, 5.41) is 29.3. The Morgan fingerprint density at radius 3 is 2.00 bits per heavy atom. The quantitative estimate of drug-likeness (QED) is 0.0669. The molecular formula is C56H79N5O10. The number of benzene rings is 3. The van der Waals surface area contributed by atoms with Gasteiger partial charge in [0.1, 0.15) is 36.1 Å². The van der Waals surface area contributed by atoms with Crippen LogP contribution in [0.5, 0.6) is 17.2 Å². The summed E-state index contributed by atoms with van der Waals surface area (Å²) < 4.78 is 9.87. The molecule has 0 aromatic heterocycles. The monoisotopic (exact) mass is 982 g/mol. The number of aliphatic carboxylic acids is 1. The van der Waals surface area contributed by atoms with Crippen molar-refractivity contribution in [2.24, 2.45) is 5.73 Å². The number of carbonyl (C=O) groups excluding carboxylic acids is 5. The second-order valence-electron chi connectivity index (χ2n) is 18.2. The predicted octanol–water partition coefficient (Wildman–Crippen LogP) is 8.80. The van der Waals surface area contributed by atoms with Crippen molar-refractivity contribution in [3.63, 3.8) is 0 Å². The summed E-state index contributed by atoms with van der Waals surface area (Å²) in [6, 6.07) is 20.7. The molecule has 8 N–H and O–H groups in total. The van der Waals surface area contributed by atoms with Crippen LogP contribution >= 0.6 is 0 Å². The lowest BCUT2D eigenvalue weighted by Crippen LogP contribution is -2.50. The van der Waals surface area contributed by atoms with Crippen LogP contribution in [0.1, 0.15) is 146 Å². The van der Waals surface area contributed by atoms with Crippen LogP contribution in [0.4, 0.5) is 0 Å². The number of rotatable bonds is 12. The van der Waals surface area contributed by atoms with E-state index in [9.17, 15) is 34.2 Å². The van der Waals surface area contributed by atoms with Crippen molar-refractivity contribution in [3.05, 3.63) is 113 Å². The Kier molecular flexibility index (Phi) is 29.5. The van der Waals surface area contributed by atoms with Gasteiger partial charge in [0, 0.05) is 18.9 Å². The number of aryl methyl sites for hydroxylation is 2. The highest BCUT2D eigenvalue weighted by molar-refractivity contribution is 5.90. The van der Waals surface area contributed by atoms with Gasteiger partial charge in [0.2, 0.25) is 23.6 Å². The number of nitrogens with two attached hydrogens (primary N) is 1. The maximum absolute atomic E-state index is 12.2. The molecule has 15 heteroatoms. The minimum atomic E-state index is -1.10. The number of amides is 4. The Balaban J connectivity index is 0.000000281. The molecule has 3 atom stereocenters. The van der Waals surface area contributed by atoms with Gasteiger partial charge in [-0.2, -0.15) is 0 Å². The summed E-state index contributed by atoms with van der Waals surface area (Å²) in [4.78, 5) is 68.6. The predicted molar refractivity (Wildman–Crippen MR) is 276 cm³/mol. The number of phenolic OH excluding ortho intramolecular Hbond substituents is 1. The number of fused-ring (bicyclic) bond motifs is 11. The third-order valence-corrected chi connectivity index (χ3v) is 12.0. The SMILES string of the molecule is C1CCCCC1.C1CCCCC1.CC(NC(=O)CCCc1ccc(O)cc1)C(=O)NC(CC1=CC=CC1)C(=O)O.CC1Cc2cccc(c2)Oc2ccc(cc2)CCCC(=O)NCC(=O)N1.NCOC=O. The maximum atomic E-state index is 12.2. The van der Waals surface area contributed by atoms with Crippen molar-refractivity contribution < 1.29 is 48.5 Å². The molecule has 388 valence electrons. The number of carboxylic acids is 1. The Hall–Kier alpha value is -6.48. The average molecular weight is 982 g/mol. The smallest absolute Gasteiger partial charge is 0.326 e. The second kappa shape index (κ2) is 35.6. The number of carboxylic acid groups (broad SMARTS) is 1. The van der Waals surface area contributed by atoms with Crippen molar-refractivity contribution in [1.29, 1.82) is 0 Å². The van der Waals surface area contributed by atoms with Gasteiger partial charge in [-0.25, -0.2) is 4.79 Å². The van der Waals surface area contributed by atoms with Gasteiger partial charge in [0.05, 0.1) is 6.54 Å². The summed E-state index contributed by atoms with van der Waals surface area (Å²) in [5.74, 6) is -0.402. The van der Waals surface area contributed by atoms with E-state index in [0.29, 0.717) is 38.6 Å². The van der Waals surface area contributed by atoms with Crippen LogP contribution in [0.3, 0.4) is 0 Å². The molecule has 8 rings (SSSR count). The molecule has 0 radical (unpaired) electrons. The number of phenols is 1. The number of nitrogens with one attached hydrogen (secondary N) is 4. The lowest BCUT2D eigenvalue weighted by Gasteiger charge is -2.19. The Labute approximate surface area is 420 Å². The van der Waals surface area contributed by atoms with Crippen LogP contribution in [-0.4, -0.2) is 77.7 Å². The fourth-order valence-corrected chi connectivity index (χ4v) is 8.10. The van der Waals surface area contributed by atoms with Crippen LogP contribution in [0, 0.1) is 0 Å². The summed E-state index contributed by atoms with van der Waals surface area (Å²) >= 11 is 0. The summed E-state index contributed by atoms with van der Waals surface area (Å²) in [7, 11) is 0. The lowest BCUT2D eigenvalue weighted by molar-refractivity contribution is -0.142. The fourth-order valence-electron chi connectivity index (χ4n) is 8.10. The largest absolute Gasteiger partial charge is 0.508 e. The molecule has 2 heterocycles. The third-order valence-electron chi connectivity index (χ3n) is 12.0. The molecule has 0 saturated heterocycles. The Bertz CT molecular complexity index is 2060. The average Bonchev–Trinajstić information content (AvgIpc) is 3.89.